The van der Waals surface area contributed by atoms with Gasteiger partial charge in [-0.3, -0.25) is 9.78 Å². The third-order valence-corrected chi connectivity index (χ3v) is 8.42. The number of nitrogens with one attached hydrogen (secondary N) is 1. The molecule has 232 valence electrons. The fourth-order valence-electron chi connectivity index (χ4n) is 6.24. The monoisotopic (exact) mass is 605 g/mol. The fourth-order valence-corrected chi connectivity index (χ4v) is 6.24. The molecule has 3 N–H and O–H groups in total. The number of hydrogen-bond donors (Lipinski definition) is 2. The molecule has 0 saturated carbocycles. The number of imidazole rings is 1. The van der Waals surface area contributed by atoms with Crippen LogP contribution in [0.3, 0.4) is 0 Å². The average molecular weight is 606 g/mol. The summed E-state index contributed by atoms with van der Waals surface area (Å²) in [7, 11) is 0. The predicted molar refractivity (Wildman–Crippen MR) is 161 cm³/mol. The standard InChI is InChI=1S/C32H37F2N7O3/c1-19-16-40(17-27(35)32(19)38-20(2)42)29-5-8-36-14-22(29)13-30-37-15-23-3-4-28(39-41(23)30)31-25(33)11-21(12-26(31)34)18-44-24-6-9-43-10-7-24/h3-5,8,11-12,14-15,19,24,27,32H,6-7,9-10,13,16-18,35H2,1-2H3,(H,38,42)/t19-,27+,32-/m0/s1. The molecule has 0 bridgehead atoms. The molecule has 2 fully saturated rings. The van der Waals surface area contributed by atoms with Crippen LogP contribution < -0.4 is 16.0 Å². The first kappa shape index (κ1) is 30.0. The Morgan fingerprint density at radius 1 is 1.14 bits per heavy atom. The first-order chi connectivity index (χ1) is 21.3. The van der Waals surface area contributed by atoms with Crippen LogP contribution in [-0.2, 0) is 27.3 Å². The molecular weight excluding hydrogens is 568 g/mol. The van der Waals surface area contributed by atoms with Crippen LogP contribution in [0.15, 0.2) is 48.9 Å². The molecule has 12 heteroatoms. The lowest BCUT2D eigenvalue weighted by molar-refractivity contribution is -0.120. The lowest BCUT2D eigenvalue weighted by atomic mass is 9.89. The molecule has 3 aromatic heterocycles. The van der Waals surface area contributed by atoms with Crippen LogP contribution in [-0.4, -0.2) is 70.0 Å². The normalized spacial score (nSPS) is 21.1. The smallest absolute Gasteiger partial charge is 0.217 e. The van der Waals surface area contributed by atoms with E-state index in [-0.39, 0.29) is 47.9 Å². The van der Waals surface area contributed by atoms with Gasteiger partial charge in [0.1, 0.15) is 17.5 Å². The maximum atomic E-state index is 15.3. The molecule has 10 nitrogen and oxygen atoms in total. The zero-order chi connectivity index (χ0) is 30.8. The fraction of sp³-hybridized carbons (Fsp3) is 0.438. The van der Waals surface area contributed by atoms with Gasteiger partial charge in [-0.15, -0.1) is 0 Å². The largest absolute Gasteiger partial charge is 0.381 e. The van der Waals surface area contributed by atoms with E-state index in [9.17, 15) is 4.79 Å². The number of piperidine rings is 1. The number of nitrogens with two attached hydrogens (primary N) is 1. The lowest BCUT2D eigenvalue weighted by Crippen LogP contribution is -2.61. The van der Waals surface area contributed by atoms with E-state index in [0.717, 1.165) is 24.1 Å². The van der Waals surface area contributed by atoms with Crippen molar-refractivity contribution in [2.45, 2.75) is 57.9 Å². The Morgan fingerprint density at radius 3 is 2.64 bits per heavy atom. The first-order valence-electron chi connectivity index (χ1n) is 15.0. The Hall–Kier alpha value is -4.00. The highest BCUT2D eigenvalue weighted by molar-refractivity contribution is 5.73. The molecule has 6 rings (SSSR count). The summed E-state index contributed by atoms with van der Waals surface area (Å²) in [4.78, 5) is 22.8. The second-order valence-electron chi connectivity index (χ2n) is 11.7. The zero-order valence-electron chi connectivity index (χ0n) is 24.9. The SMILES string of the molecule is CC(=O)N[C@@H]1[C@H](N)CN(c2ccncc2Cc2ncc3ccc(-c4c(F)cc(COC5CCOCC5)cc4F)nn23)C[C@@H]1C. The molecular formula is C32H37F2N7O3. The number of ether oxygens (including phenoxy) is 2. The van der Waals surface area contributed by atoms with E-state index in [1.54, 1.807) is 35.2 Å². The number of benzene rings is 1. The number of carbonyl (C=O) groups excluding carboxylic acids is 1. The molecule has 1 amide bonds. The van der Waals surface area contributed by atoms with E-state index in [2.05, 4.69) is 32.2 Å². The summed E-state index contributed by atoms with van der Waals surface area (Å²) in [6.07, 6.45) is 7.15. The number of hydrogen-bond acceptors (Lipinski definition) is 8. The Kier molecular flexibility index (Phi) is 8.83. The molecule has 4 aromatic rings. The number of carbonyl (C=O) groups is 1. The molecule has 44 heavy (non-hydrogen) atoms. The predicted octanol–water partition coefficient (Wildman–Crippen LogP) is 3.64. The van der Waals surface area contributed by atoms with Gasteiger partial charge >= 0.3 is 0 Å². The average Bonchev–Trinajstić information content (AvgIpc) is 3.40. The van der Waals surface area contributed by atoms with Crippen molar-refractivity contribution in [3.63, 3.8) is 0 Å². The Bertz CT molecular complexity index is 1610. The van der Waals surface area contributed by atoms with E-state index in [0.29, 0.717) is 49.6 Å². The van der Waals surface area contributed by atoms with Crippen LogP contribution in [0.1, 0.15) is 43.6 Å². The Morgan fingerprint density at radius 2 is 1.91 bits per heavy atom. The number of fused-ring (bicyclic) bond motifs is 1. The number of rotatable bonds is 8. The van der Waals surface area contributed by atoms with Crippen LogP contribution in [0.4, 0.5) is 14.5 Å². The zero-order valence-corrected chi connectivity index (χ0v) is 24.9. The summed E-state index contributed by atoms with van der Waals surface area (Å²) in [5.74, 6) is -0.768. The van der Waals surface area contributed by atoms with Crippen molar-refractivity contribution in [1.29, 1.82) is 0 Å². The summed E-state index contributed by atoms with van der Waals surface area (Å²) in [5, 5.41) is 7.60. The van der Waals surface area contributed by atoms with Crippen molar-refractivity contribution in [2.75, 3.05) is 31.2 Å². The number of pyridine rings is 1. The van der Waals surface area contributed by atoms with Gasteiger partial charge in [0.2, 0.25) is 5.91 Å². The summed E-state index contributed by atoms with van der Waals surface area (Å²) in [6, 6.07) is 7.55. The van der Waals surface area contributed by atoms with Gasteiger partial charge in [0.05, 0.1) is 35.7 Å². The van der Waals surface area contributed by atoms with Crippen molar-refractivity contribution >= 4 is 17.1 Å². The van der Waals surface area contributed by atoms with Gasteiger partial charge in [0.15, 0.2) is 0 Å². The topological polar surface area (TPSA) is 120 Å². The summed E-state index contributed by atoms with van der Waals surface area (Å²) in [5.41, 5.74) is 9.46. The number of anilines is 1. The minimum Gasteiger partial charge on any atom is -0.381 e. The lowest BCUT2D eigenvalue weighted by Gasteiger charge is -2.43. The molecule has 3 atom stereocenters. The van der Waals surface area contributed by atoms with E-state index >= 15 is 8.78 Å². The number of amides is 1. The number of halogens is 2. The maximum absolute atomic E-state index is 15.3. The highest BCUT2D eigenvalue weighted by Gasteiger charge is 2.34. The summed E-state index contributed by atoms with van der Waals surface area (Å²) < 4.78 is 43.5. The second-order valence-corrected chi connectivity index (χ2v) is 11.7. The van der Waals surface area contributed by atoms with Crippen LogP contribution >= 0.6 is 0 Å². The van der Waals surface area contributed by atoms with E-state index < -0.39 is 11.6 Å². The van der Waals surface area contributed by atoms with E-state index in [1.807, 2.05) is 6.07 Å². The van der Waals surface area contributed by atoms with Gasteiger partial charge in [-0.2, -0.15) is 5.10 Å². The number of nitrogens with zero attached hydrogens (tertiary/aromatic N) is 5. The van der Waals surface area contributed by atoms with Crippen molar-refractivity contribution in [1.82, 2.24) is 24.9 Å². The minimum atomic E-state index is -0.702. The summed E-state index contributed by atoms with van der Waals surface area (Å²) in [6.45, 7) is 6.23. The van der Waals surface area contributed by atoms with Gasteiger partial charge in [-0.05, 0) is 54.7 Å². The van der Waals surface area contributed by atoms with Crippen LogP contribution in [0, 0.1) is 17.6 Å². The second kappa shape index (κ2) is 12.9. The highest BCUT2D eigenvalue weighted by Crippen LogP contribution is 2.30. The van der Waals surface area contributed by atoms with Crippen molar-refractivity contribution in [3.05, 3.63) is 77.5 Å². The molecule has 5 heterocycles. The van der Waals surface area contributed by atoms with Gasteiger partial charge in [0.25, 0.3) is 0 Å². The minimum absolute atomic E-state index is 0.0225. The highest BCUT2D eigenvalue weighted by atomic mass is 19.1. The van der Waals surface area contributed by atoms with Gasteiger partial charge in [-0.25, -0.2) is 18.3 Å². The Labute approximate surface area is 254 Å². The molecule has 0 aliphatic carbocycles. The molecule has 2 aliphatic rings. The van der Waals surface area contributed by atoms with E-state index in [1.165, 1.54) is 19.1 Å². The van der Waals surface area contributed by atoms with Gasteiger partial charge in [-0.1, -0.05) is 6.92 Å². The molecule has 1 aromatic carbocycles. The molecule has 2 aliphatic heterocycles. The Balaban J connectivity index is 1.23. The van der Waals surface area contributed by atoms with Crippen molar-refractivity contribution in [3.8, 4) is 11.3 Å². The van der Waals surface area contributed by atoms with Crippen LogP contribution in [0.5, 0.6) is 0 Å². The van der Waals surface area contributed by atoms with Crippen molar-refractivity contribution < 1.29 is 23.0 Å². The molecule has 2 saturated heterocycles. The van der Waals surface area contributed by atoms with Crippen LogP contribution in [0.25, 0.3) is 16.8 Å². The first-order valence-corrected chi connectivity index (χ1v) is 15.0. The van der Waals surface area contributed by atoms with Gasteiger partial charge < -0.3 is 25.4 Å². The van der Waals surface area contributed by atoms with Crippen molar-refractivity contribution in [2.24, 2.45) is 11.7 Å². The third kappa shape index (κ3) is 6.42. The number of aromatic nitrogens is 4. The van der Waals surface area contributed by atoms with Gasteiger partial charge in [0, 0.05) is 75.4 Å². The molecule has 0 spiro atoms. The third-order valence-electron chi connectivity index (χ3n) is 8.42. The quantitative estimate of drug-likeness (QED) is 0.313. The summed E-state index contributed by atoms with van der Waals surface area (Å²) >= 11 is 0. The van der Waals surface area contributed by atoms with E-state index in [4.69, 9.17) is 15.2 Å². The maximum Gasteiger partial charge on any atom is 0.217 e. The van der Waals surface area contributed by atoms with Crippen LogP contribution in [0.2, 0.25) is 0 Å². The molecule has 0 radical (unpaired) electrons. The molecule has 0 unspecified atom stereocenters.